The SMILES string of the molecule is O/N=C/C=C/c1ccc(O)cc1. The number of aromatic hydroxyl groups is 1. The number of hydrogen-bond donors (Lipinski definition) is 2. The van der Waals surface area contributed by atoms with Crippen LogP contribution in [0.5, 0.6) is 5.75 Å². The van der Waals surface area contributed by atoms with Gasteiger partial charge < -0.3 is 10.3 Å². The lowest BCUT2D eigenvalue weighted by atomic mass is 10.2. The standard InChI is InChI=1S/C9H9NO2/c11-9-5-3-8(4-6-9)2-1-7-10-12/h1-7,11-12H/b2-1+,10-7+. The van der Waals surface area contributed by atoms with Crippen LogP contribution in [0.15, 0.2) is 35.5 Å². The van der Waals surface area contributed by atoms with Gasteiger partial charge in [0.15, 0.2) is 0 Å². The van der Waals surface area contributed by atoms with E-state index in [0.29, 0.717) is 0 Å². The largest absolute Gasteiger partial charge is 0.508 e. The van der Waals surface area contributed by atoms with Crippen LogP contribution in [0.4, 0.5) is 0 Å². The summed E-state index contributed by atoms with van der Waals surface area (Å²) in [5.41, 5.74) is 0.938. The van der Waals surface area contributed by atoms with Gasteiger partial charge in [-0.1, -0.05) is 23.4 Å². The molecule has 0 spiro atoms. The van der Waals surface area contributed by atoms with Crippen molar-refractivity contribution in [3.8, 4) is 5.75 Å². The highest BCUT2D eigenvalue weighted by molar-refractivity contribution is 5.77. The third-order valence-corrected chi connectivity index (χ3v) is 1.33. The molecule has 12 heavy (non-hydrogen) atoms. The minimum atomic E-state index is 0.239. The van der Waals surface area contributed by atoms with Crippen molar-refractivity contribution in [3.63, 3.8) is 0 Å². The summed E-state index contributed by atoms with van der Waals surface area (Å²) in [6.07, 6.45) is 4.64. The summed E-state index contributed by atoms with van der Waals surface area (Å²) in [7, 11) is 0. The molecule has 0 bridgehead atoms. The Morgan fingerprint density at radius 3 is 2.42 bits per heavy atom. The molecule has 0 fully saturated rings. The van der Waals surface area contributed by atoms with Crippen LogP contribution in [0.1, 0.15) is 5.56 Å². The Morgan fingerprint density at radius 1 is 1.17 bits per heavy atom. The summed E-state index contributed by atoms with van der Waals surface area (Å²) in [5, 5.41) is 19.8. The van der Waals surface area contributed by atoms with Crippen LogP contribution in [-0.4, -0.2) is 16.5 Å². The third-order valence-electron chi connectivity index (χ3n) is 1.33. The molecule has 0 aliphatic heterocycles. The zero-order chi connectivity index (χ0) is 8.81. The Kier molecular flexibility index (Phi) is 2.90. The molecule has 62 valence electrons. The van der Waals surface area contributed by atoms with E-state index in [1.807, 2.05) is 0 Å². The maximum atomic E-state index is 8.94. The second kappa shape index (κ2) is 4.18. The number of nitrogens with zero attached hydrogens (tertiary/aromatic N) is 1. The fourth-order valence-electron chi connectivity index (χ4n) is 0.778. The first-order valence-corrected chi connectivity index (χ1v) is 3.46. The molecule has 0 saturated carbocycles. The van der Waals surface area contributed by atoms with Crippen LogP contribution in [0.2, 0.25) is 0 Å². The second-order valence-electron chi connectivity index (χ2n) is 2.22. The van der Waals surface area contributed by atoms with Gasteiger partial charge in [0.05, 0.1) is 6.21 Å². The van der Waals surface area contributed by atoms with Gasteiger partial charge in [-0.3, -0.25) is 0 Å². The topological polar surface area (TPSA) is 52.8 Å². The molecule has 0 radical (unpaired) electrons. The monoisotopic (exact) mass is 163 g/mol. The highest BCUT2D eigenvalue weighted by Gasteiger charge is 1.85. The Bertz CT molecular complexity index is 288. The van der Waals surface area contributed by atoms with Gasteiger partial charge in [-0.2, -0.15) is 0 Å². The highest BCUT2D eigenvalue weighted by atomic mass is 16.4. The number of phenolic OH excluding ortho intramolecular Hbond substituents is 1. The Morgan fingerprint density at radius 2 is 1.83 bits per heavy atom. The first kappa shape index (κ1) is 8.33. The molecular weight excluding hydrogens is 154 g/mol. The highest BCUT2D eigenvalue weighted by Crippen LogP contribution is 2.10. The molecule has 0 saturated heterocycles. The molecule has 3 nitrogen and oxygen atoms in total. The molecule has 1 rings (SSSR count). The minimum Gasteiger partial charge on any atom is -0.508 e. The molecule has 0 aromatic heterocycles. The van der Waals surface area contributed by atoms with E-state index in [-0.39, 0.29) is 5.75 Å². The van der Waals surface area contributed by atoms with Crippen molar-refractivity contribution in [2.24, 2.45) is 5.16 Å². The molecule has 0 unspecified atom stereocenters. The number of rotatable bonds is 2. The van der Waals surface area contributed by atoms with E-state index < -0.39 is 0 Å². The molecule has 0 heterocycles. The number of oxime groups is 1. The summed E-state index contributed by atoms with van der Waals surface area (Å²) in [5.74, 6) is 0.239. The van der Waals surface area contributed by atoms with Gasteiger partial charge in [-0.15, -0.1) is 0 Å². The number of hydrogen-bond acceptors (Lipinski definition) is 3. The van der Waals surface area contributed by atoms with Crippen molar-refractivity contribution >= 4 is 12.3 Å². The van der Waals surface area contributed by atoms with Crippen LogP contribution in [0.25, 0.3) is 6.08 Å². The van der Waals surface area contributed by atoms with Crippen molar-refractivity contribution in [1.29, 1.82) is 0 Å². The zero-order valence-corrected chi connectivity index (χ0v) is 6.38. The van der Waals surface area contributed by atoms with E-state index in [9.17, 15) is 0 Å². The van der Waals surface area contributed by atoms with E-state index in [4.69, 9.17) is 10.3 Å². The molecule has 0 aliphatic carbocycles. The van der Waals surface area contributed by atoms with Gasteiger partial charge in [0.1, 0.15) is 5.75 Å². The van der Waals surface area contributed by atoms with Gasteiger partial charge in [0.25, 0.3) is 0 Å². The smallest absolute Gasteiger partial charge is 0.115 e. The van der Waals surface area contributed by atoms with E-state index in [2.05, 4.69) is 5.16 Å². The summed E-state index contributed by atoms with van der Waals surface area (Å²) in [4.78, 5) is 0. The minimum absolute atomic E-state index is 0.239. The van der Waals surface area contributed by atoms with Crippen molar-refractivity contribution in [1.82, 2.24) is 0 Å². The first-order valence-electron chi connectivity index (χ1n) is 3.46. The van der Waals surface area contributed by atoms with Gasteiger partial charge in [-0.05, 0) is 23.8 Å². The summed E-state index contributed by atoms with van der Waals surface area (Å²) in [6, 6.07) is 6.71. The van der Waals surface area contributed by atoms with Gasteiger partial charge >= 0.3 is 0 Å². The molecular formula is C9H9NO2. The predicted octanol–water partition coefficient (Wildman–Crippen LogP) is 1.87. The maximum absolute atomic E-state index is 8.94. The third kappa shape index (κ3) is 2.46. The van der Waals surface area contributed by atoms with Crippen molar-refractivity contribution in [2.75, 3.05) is 0 Å². The van der Waals surface area contributed by atoms with Crippen LogP contribution in [0.3, 0.4) is 0 Å². The average Bonchev–Trinajstić information content (AvgIpc) is 2.09. The molecule has 1 aromatic carbocycles. The normalized spacial score (nSPS) is 11.3. The number of phenols is 1. The zero-order valence-electron chi connectivity index (χ0n) is 6.38. The quantitative estimate of drug-likeness (QED) is 0.397. The maximum Gasteiger partial charge on any atom is 0.115 e. The molecule has 1 aromatic rings. The van der Waals surface area contributed by atoms with Crippen molar-refractivity contribution in [2.45, 2.75) is 0 Å². The Balaban J connectivity index is 2.70. The molecule has 0 amide bonds. The molecule has 2 N–H and O–H groups in total. The van der Waals surface area contributed by atoms with Crippen LogP contribution >= 0.6 is 0 Å². The number of benzene rings is 1. The lowest BCUT2D eigenvalue weighted by Gasteiger charge is -1.91. The van der Waals surface area contributed by atoms with Crippen LogP contribution in [-0.2, 0) is 0 Å². The van der Waals surface area contributed by atoms with E-state index in [1.165, 1.54) is 6.21 Å². The van der Waals surface area contributed by atoms with E-state index in [0.717, 1.165) is 5.56 Å². The Labute approximate surface area is 70.3 Å². The van der Waals surface area contributed by atoms with Crippen molar-refractivity contribution in [3.05, 3.63) is 35.9 Å². The fourth-order valence-corrected chi connectivity index (χ4v) is 0.778. The lowest BCUT2D eigenvalue weighted by Crippen LogP contribution is -1.70. The van der Waals surface area contributed by atoms with Crippen LogP contribution < -0.4 is 0 Å². The van der Waals surface area contributed by atoms with Crippen LogP contribution in [0, 0.1) is 0 Å². The van der Waals surface area contributed by atoms with E-state index >= 15 is 0 Å². The Hall–Kier alpha value is -1.77. The predicted molar refractivity (Wildman–Crippen MR) is 47.4 cm³/mol. The summed E-state index contributed by atoms with van der Waals surface area (Å²) in [6.45, 7) is 0. The first-order chi connectivity index (χ1) is 5.83. The number of allylic oxidation sites excluding steroid dienone is 1. The van der Waals surface area contributed by atoms with Gasteiger partial charge in [0, 0.05) is 0 Å². The lowest BCUT2D eigenvalue weighted by molar-refractivity contribution is 0.322. The van der Waals surface area contributed by atoms with Gasteiger partial charge in [0.2, 0.25) is 0 Å². The van der Waals surface area contributed by atoms with E-state index in [1.54, 1.807) is 36.4 Å². The molecule has 0 atom stereocenters. The molecule has 0 aliphatic rings. The second-order valence-corrected chi connectivity index (χ2v) is 2.22. The average molecular weight is 163 g/mol. The van der Waals surface area contributed by atoms with Gasteiger partial charge in [-0.25, -0.2) is 0 Å². The summed E-state index contributed by atoms with van der Waals surface area (Å²) >= 11 is 0. The molecule has 3 heteroatoms. The fraction of sp³-hybridized carbons (Fsp3) is 0. The summed E-state index contributed by atoms with van der Waals surface area (Å²) < 4.78 is 0. The van der Waals surface area contributed by atoms with Crippen molar-refractivity contribution < 1.29 is 10.3 Å².